The van der Waals surface area contributed by atoms with Gasteiger partial charge in [0.1, 0.15) is 23.0 Å². The van der Waals surface area contributed by atoms with Gasteiger partial charge in [-0.25, -0.2) is 9.79 Å². The topological polar surface area (TPSA) is 241 Å². The molecule has 4 aliphatic heterocycles. The summed E-state index contributed by atoms with van der Waals surface area (Å²) in [5.74, 6) is 0.773. The van der Waals surface area contributed by atoms with Crippen LogP contribution in [-0.2, 0) is 31.0 Å². The van der Waals surface area contributed by atoms with Crippen molar-refractivity contribution in [1.29, 1.82) is 0 Å². The smallest absolute Gasteiger partial charge is 0.328 e. The third-order valence-corrected chi connectivity index (χ3v) is 13.9. The number of amidine groups is 1. The molecule has 5 N–H and O–H groups in total. The minimum absolute atomic E-state index is 0.0476. The molecule has 8 rings (SSSR count). The van der Waals surface area contributed by atoms with Crippen LogP contribution < -0.4 is 31.3 Å². The number of carbonyl (C=O) groups is 6. The number of allylic oxidation sites excluding steroid dienone is 1. The number of ether oxygens (including phenoxy) is 1. The molecule has 1 aliphatic carbocycles. The summed E-state index contributed by atoms with van der Waals surface area (Å²) in [5.41, 5.74) is 10.8. The number of hydrogen-bond donors (Lipinski definition) is 4. The molecule has 5 aliphatic rings. The Kier molecular flexibility index (Phi) is 16.2. The number of benzene rings is 2. The van der Waals surface area contributed by atoms with Gasteiger partial charge in [0.2, 0.25) is 23.6 Å². The number of fused-ring (bicyclic) bond motifs is 4. The Morgan fingerprint density at radius 2 is 1.68 bits per heavy atom. The molecule has 2 aromatic carbocycles. The number of amides is 7. The highest BCUT2D eigenvalue weighted by Gasteiger charge is 2.36. The van der Waals surface area contributed by atoms with Crippen molar-refractivity contribution in [2.24, 2.45) is 15.7 Å². The number of carbonyl (C=O) groups excluding carboxylic acids is 6. The van der Waals surface area contributed by atoms with Crippen molar-refractivity contribution in [3.05, 3.63) is 101 Å². The van der Waals surface area contributed by atoms with Gasteiger partial charge >= 0.3 is 6.03 Å². The molecule has 2 bridgehead atoms. The molecule has 1 aromatic heterocycles. The molecule has 20 nitrogen and oxygen atoms in total. The average Bonchev–Trinajstić information content (AvgIpc) is 3.86. The number of imide groups is 1. The van der Waals surface area contributed by atoms with E-state index in [2.05, 4.69) is 47.6 Å². The van der Waals surface area contributed by atoms with Gasteiger partial charge in [0.05, 0.1) is 36.8 Å². The van der Waals surface area contributed by atoms with E-state index in [1.54, 1.807) is 40.3 Å². The van der Waals surface area contributed by atoms with Crippen LogP contribution >= 0.6 is 0 Å². The molecule has 1 saturated carbocycles. The quantitative estimate of drug-likeness (QED) is 0.187. The molecule has 2 saturated heterocycles. The molecular weight excluding hydrogens is 933 g/mol. The molecule has 386 valence electrons. The number of urea groups is 1. The predicted octanol–water partition coefficient (Wildman–Crippen LogP) is 4.95. The SMILES string of the molecule is C=N/C(=C1/C(N)=NC=C2/C=C/CCN(C(=O)CCN3CCN(C(=O)c4ccc(OC)c(N5CCC(=O)NC5=O)c4)CC3)CCC(=O)N[C@@H]3CCCC(C3)N21)c1ccc(CC(=O)Nc2cc(C(C)(C)C)on2)cc1. The van der Waals surface area contributed by atoms with Gasteiger partial charge in [-0.15, -0.1) is 0 Å². The van der Waals surface area contributed by atoms with Crippen LogP contribution in [0.1, 0.15) is 99.4 Å². The first-order valence-electron chi connectivity index (χ1n) is 25.0. The van der Waals surface area contributed by atoms with E-state index in [0.717, 1.165) is 36.1 Å². The van der Waals surface area contributed by atoms with Gasteiger partial charge in [0, 0.05) is 106 Å². The lowest BCUT2D eigenvalue weighted by Crippen LogP contribution is -2.50. The molecular formula is C53H66N12O8. The van der Waals surface area contributed by atoms with Gasteiger partial charge in [-0.3, -0.25) is 44.1 Å². The highest BCUT2D eigenvalue weighted by Crippen LogP contribution is 2.36. The van der Waals surface area contributed by atoms with Crippen LogP contribution in [0.15, 0.2) is 92.8 Å². The standard InChI is InChI=1S/C53H66N12O8/c1-53(2,3)42-32-43(60-73-42)58-46(68)29-34-12-14-35(15-13-34)48(55-4)49-50(54)56-33-39-10-6-7-21-62(23-18-44(66)57-37-9-8-11-38(31-37)65(39)49)47(69)20-22-61-25-27-63(28-26-61)51(70)36-16-17-41(72-5)40(30-36)64-24-19-45(67)59-52(64)71/h6,10,12-17,30,32-33,37-38H,4,7-9,11,18-29,31H2,1-3,5H3,(H2,54,56)(H,57,66)(H,58,60,68)(H,59,67,71)/b10-6+,49-48-/t37-,38?/m1/s1. The number of aromatic nitrogens is 1. The number of anilines is 2. The number of aliphatic imine (C=N–C) groups is 2. The fourth-order valence-electron chi connectivity index (χ4n) is 9.87. The summed E-state index contributed by atoms with van der Waals surface area (Å²) >= 11 is 0. The van der Waals surface area contributed by atoms with Crippen molar-refractivity contribution in [3.8, 4) is 5.75 Å². The van der Waals surface area contributed by atoms with Crippen molar-refractivity contribution >= 4 is 65.3 Å². The maximum absolute atomic E-state index is 13.9. The Morgan fingerprint density at radius 3 is 2.40 bits per heavy atom. The third kappa shape index (κ3) is 12.5. The fourth-order valence-corrected chi connectivity index (χ4v) is 9.87. The Hall–Kier alpha value is -7.61. The third-order valence-electron chi connectivity index (χ3n) is 13.9. The van der Waals surface area contributed by atoms with Crippen molar-refractivity contribution in [3.63, 3.8) is 0 Å². The van der Waals surface area contributed by atoms with E-state index in [-0.39, 0.29) is 91.6 Å². The minimum atomic E-state index is -0.567. The number of nitrogens with zero attached hydrogens (tertiary/aromatic N) is 8. The van der Waals surface area contributed by atoms with Crippen LogP contribution in [0.5, 0.6) is 5.75 Å². The predicted molar refractivity (Wildman–Crippen MR) is 277 cm³/mol. The summed E-state index contributed by atoms with van der Waals surface area (Å²) < 4.78 is 10.9. The number of piperazine rings is 1. The molecule has 73 heavy (non-hydrogen) atoms. The Labute approximate surface area is 425 Å². The number of nitrogens with one attached hydrogen (secondary N) is 3. The van der Waals surface area contributed by atoms with Gasteiger partial charge in [0.15, 0.2) is 5.82 Å². The summed E-state index contributed by atoms with van der Waals surface area (Å²) in [7, 11) is 1.48. The van der Waals surface area contributed by atoms with Gasteiger partial charge < -0.3 is 40.3 Å². The molecule has 7 amide bonds. The van der Waals surface area contributed by atoms with Crippen molar-refractivity contribution < 1.29 is 38.0 Å². The van der Waals surface area contributed by atoms with E-state index in [9.17, 15) is 28.8 Å². The van der Waals surface area contributed by atoms with Crippen LogP contribution in [0.3, 0.4) is 0 Å². The van der Waals surface area contributed by atoms with E-state index < -0.39 is 6.03 Å². The second-order valence-corrected chi connectivity index (χ2v) is 20.0. The zero-order valence-corrected chi connectivity index (χ0v) is 42.2. The Morgan fingerprint density at radius 1 is 0.932 bits per heavy atom. The fraction of sp³-hybridized carbons (Fsp3) is 0.453. The Bertz CT molecular complexity index is 2730. The van der Waals surface area contributed by atoms with E-state index in [4.69, 9.17) is 15.0 Å². The monoisotopic (exact) mass is 999 g/mol. The molecule has 3 aromatic rings. The molecule has 5 heterocycles. The first kappa shape index (κ1) is 51.7. The highest BCUT2D eigenvalue weighted by atomic mass is 16.5. The number of methoxy groups -OCH3 is 1. The zero-order valence-electron chi connectivity index (χ0n) is 42.2. The van der Waals surface area contributed by atoms with Gasteiger partial charge in [0.25, 0.3) is 5.91 Å². The van der Waals surface area contributed by atoms with Crippen LogP contribution in [-0.4, -0.2) is 144 Å². The molecule has 20 heteroatoms. The van der Waals surface area contributed by atoms with Crippen LogP contribution in [0.4, 0.5) is 16.3 Å². The number of nitrogens with two attached hydrogens (primary N) is 1. The summed E-state index contributed by atoms with van der Waals surface area (Å²) in [4.78, 5) is 97.0. The van der Waals surface area contributed by atoms with Gasteiger partial charge in [-0.2, -0.15) is 0 Å². The van der Waals surface area contributed by atoms with Crippen molar-refractivity contribution in [1.82, 2.24) is 35.4 Å². The summed E-state index contributed by atoms with van der Waals surface area (Å²) in [6.07, 6.45) is 10.1. The molecule has 0 spiro atoms. The van der Waals surface area contributed by atoms with Crippen LogP contribution in [0.25, 0.3) is 5.70 Å². The van der Waals surface area contributed by atoms with Gasteiger partial charge in [-0.1, -0.05) is 56.3 Å². The maximum Gasteiger partial charge on any atom is 0.328 e. The largest absolute Gasteiger partial charge is 0.495 e. The minimum Gasteiger partial charge on any atom is -0.495 e. The first-order valence-corrected chi connectivity index (χ1v) is 25.0. The van der Waals surface area contributed by atoms with E-state index in [1.165, 1.54) is 12.0 Å². The van der Waals surface area contributed by atoms with E-state index in [1.807, 2.05) is 57.2 Å². The summed E-state index contributed by atoms with van der Waals surface area (Å²) in [6, 6.07) is 13.5. The molecule has 2 atom stereocenters. The van der Waals surface area contributed by atoms with E-state index >= 15 is 0 Å². The second-order valence-electron chi connectivity index (χ2n) is 20.0. The number of hydrogen-bond acceptors (Lipinski definition) is 14. The van der Waals surface area contributed by atoms with Crippen molar-refractivity contribution in [2.45, 2.75) is 96.1 Å². The lowest BCUT2D eigenvalue weighted by Gasteiger charge is -2.42. The lowest BCUT2D eigenvalue weighted by atomic mass is 9.88. The van der Waals surface area contributed by atoms with Crippen molar-refractivity contribution in [2.75, 3.05) is 69.7 Å². The summed E-state index contributed by atoms with van der Waals surface area (Å²) in [6.45, 7) is 13.4. The molecule has 1 unspecified atom stereocenters. The molecule has 3 fully saturated rings. The van der Waals surface area contributed by atoms with Crippen LogP contribution in [0.2, 0.25) is 0 Å². The summed E-state index contributed by atoms with van der Waals surface area (Å²) in [5, 5.41) is 12.4. The normalized spacial score (nSPS) is 21.4. The average molecular weight is 999 g/mol. The lowest BCUT2D eigenvalue weighted by molar-refractivity contribution is -0.132. The molecule has 0 radical (unpaired) electrons. The Balaban J connectivity index is 0.905. The first-order chi connectivity index (χ1) is 35.1. The highest BCUT2D eigenvalue weighted by molar-refractivity contribution is 6.07. The van der Waals surface area contributed by atoms with Crippen LogP contribution in [0, 0.1) is 0 Å². The van der Waals surface area contributed by atoms with Gasteiger partial charge in [-0.05, 0) is 68.7 Å². The second kappa shape index (κ2) is 22.9. The number of rotatable bonds is 11. The maximum atomic E-state index is 13.9. The van der Waals surface area contributed by atoms with E-state index in [0.29, 0.717) is 92.1 Å². The zero-order chi connectivity index (χ0) is 51.8.